The van der Waals surface area contributed by atoms with Gasteiger partial charge in [0.05, 0.1) is 5.92 Å². The Hall–Kier alpha value is -1.26. The average Bonchev–Trinajstić information content (AvgIpc) is 2.87. The molecule has 0 radical (unpaired) electrons. The minimum atomic E-state index is -0.857. The van der Waals surface area contributed by atoms with Crippen molar-refractivity contribution in [1.82, 2.24) is 9.80 Å². The molecule has 0 heterocycles. The maximum atomic E-state index is 12.3. The smallest absolute Gasteiger partial charge is 0.320 e. The van der Waals surface area contributed by atoms with Crippen LogP contribution in [0.15, 0.2) is 0 Å². The second kappa shape index (κ2) is 6.61. The molecule has 5 nitrogen and oxygen atoms in total. The summed E-state index contributed by atoms with van der Waals surface area (Å²) in [5.41, 5.74) is 0. The van der Waals surface area contributed by atoms with Gasteiger partial charge in [-0.1, -0.05) is 19.8 Å². The van der Waals surface area contributed by atoms with Gasteiger partial charge < -0.3 is 14.9 Å². The van der Waals surface area contributed by atoms with Crippen molar-refractivity contribution in [1.29, 1.82) is 0 Å². The fourth-order valence-corrected chi connectivity index (χ4v) is 2.42. The molecule has 0 aromatic carbocycles. The first-order valence-corrected chi connectivity index (χ1v) is 6.71. The van der Waals surface area contributed by atoms with E-state index in [-0.39, 0.29) is 12.6 Å². The van der Waals surface area contributed by atoms with Crippen LogP contribution in [0.5, 0.6) is 0 Å². The van der Waals surface area contributed by atoms with Gasteiger partial charge in [-0.2, -0.15) is 0 Å². The molecule has 2 amide bonds. The van der Waals surface area contributed by atoms with E-state index < -0.39 is 11.9 Å². The van der Waals surface area contributed by atoms with Crippen LogP contribution in [0.3, 0.4) is 0 Å². The van der Waals surface area contributed by atoms with Crippen molar-refractivity contribution in [2.75, 3.05) is 20.1 Å². The fourth-order valence-electron chi connectivity index (χ4n) is 2.42. The molecule has 1 aliphatic rings. The summed E-state index contributed by atoms with van der Waals surface area (Å²) in [5, 5.41) is 8.91. The van der Waals surface area contributed by atoms with E-state index in [1.807, 2.05) is 14.0 Å². The number of urea groups is 1. The monoisotopic (exact) mass is 256 g/mol. The zero-order chi connectivity index (χ0) is 13.7. The highest BCUT2D eigenvalue weighted by molar-refractivity contribution is 5.76. The molecule has 1 aliphatic carbocycles. The third kappa shape index (κ3) is 3.62. The summed E-state index contributed by atoms with van der Waals surface area (Å²) in [4.78, 5) is 26.5. The summed E-state index contributed by atoms with van der Waals surface area (Å²) in [6, 6.07) is 0.282. The molecule has 1 unspecified atom stereocenters. The Kier molecular flexibility index (Phi) is 5.44. The minimum absolute atomic E-state index is 0.0440. The number of aliphatic carboxylic acids is 1. The van der Waals surface area contributed by atoms with Crippen molar-refractivity contribution in [3.63, 3.8) is 0 Å². The van der Waals surface area contributed by atoms with Crippen LogP contribution in [0.4, 0.5) is 4.79 Å². The number of rotatable bonds is 5. The lowest BCUT2D eigenvalue weighted by molar-refractivity contribution is -0.141. The van der Waals surface area contributed by atoms with Crippen LogP contribution in [0.1, 0.15) is 39.5 Å². The molecule has 1 saturated carbocycles. The second-order valence-corrected chi connectivity index (χ2v) is 5.11. The van der Waals surface area contributed by atoms with Gasteiger partial charge in [-0.05, 0) is 19.8 Å². The molecule has 1 fully saturated rings. The SMILES string of the molecule is CCN(CC(C)C(=O)O)C(=O)N(C)C1CCCC1. The first kappa shape index (κ1) is 14.8. The van der Waals surface area contributed by atoms with Crippen molar-refractivity contribution in [2.45, 2.75) is 45.6 Å². The number of carbonyl (C=O) groups is 2. The topological polar surface area (TPSA) is 60.9 Å². The van der Waals surface area contributed by atoms with Gasteiger partial charge >= 0.3 is 12.0 Å². The van der Waals surface area contributed by atoms with Gasteiger partial charge in [0.1, 0.15) is 0 Å². The molecule has 0 aromatic rings. The van der Waals surface area contributed by atoms with Gasteiger partial charge in [0.2, 0.25) is 0 Å². The highest BCUT2D eigenvalue weighted by Crippen LogP contribution is 2.23. The number of amides is 2. The molecular weight excluding hydrogens is 232 g/mol. The third-order valence-corrected chi connectivity index (χ3v) is 3.74. The first-order chi connectivity index (χ1) is 8.47. The number of carboxylic acid groups (broad SMARTS) is 1. The highest BCUT2D eigenvalue weighted by Gasteiger charge is 2.27. The molecule has 5 heteroatoms. The van der Waals surface area contributed by atoms with Crippen LogP contribution < -0.4 is 0 Å². The Balaban J connectivity index is 2.57. The molecule has 18 heavy (non-hydrogen) atoms. The average molecular weight is 256 g/mol. The minimum Gasteiger partial charge on any atom is -0.481 e. The van der Waals surface area contributed by atoms with E-state index in [0.29, 0.717) is 12.6 Å². The summed E-state index contributed by atoms with van der Waals surface area (Å²) >= 11 is 0. The van der Waals surface area contributed by atoms with E-state index in [0.717, 1.165) is 12.8 Å². The van der Waals surface area contributed by atoms with Gasteiger partial charge in [0.25, 0.3) is 0 Å². The van der Waals surface area contributed by atoms with Gasteiger partial charge in [0, 0.05) is 26.2 Å². The molecule has 0 aromatic heterocycles. The van der Waals surface area contributed by atoms with Gasteiger partial charge in [0.15, 0.2) is 0 Å². The van der Waals surface area contributed by atoms with Crippen LogP contribution in [0, 0.1) is 5.92 Å². The van der Waals surface area contributed by atoms with E-state index >= 15 is 0 Å². The van der Waals surface area contributed by atoms with Gasteiger partial charge in [-0.15, -0.1) is 0 Å². The molecule has 0 spiro atoms. The number of nitrogens with zero attached hydrogens (tertiary/aromatic N) is 2. The zero-order valence-electron chi connectivity index (χ0n) is 11.6. The Morgan fingerprint density at radius 1 is 1.33 bits per heavy atom. The standard InChI is InChI=1S/C13H24N2O3/c1-4-15(9-10(2)12(16)17)13(18)14(3)11-7-5-6-8-11/h10-11H,4-9H2,1-3H3,(H,16,17). The van der Waals surface area contributed by atoms with E-state index in [2.05, 4.69) is 0 Å². The van der Waals surface area contributed by atoms with Crippen molar-refractivity contribution < 1.29 is 14.7 Å². The van der Waals surface area contributed by atoms with Crippen molar-refractivity contribution >= 4 is 12.0 Å². The number of hydrogen-bond donors (Lipinski definition) is 1. The molecule has 1 N–H and O–H groups in total. The molecule has 104 valence electrons. The van der Waals surface area contributed by atoms with Crippen LogP contribution in [-0.4, -0.2) is 53.1 Å². The zero-order valence-corrected chi connectivity index (χ0v) is 11.6. The number of carboxylic acids is 1. The Morgan fingerprint density at radius 2 is 1.89 bits per heavy atom. The summed E-state index contributed by atoms with van der Waals surface area (Å²) in [5.74, 6) is -1.38. The summed E-state index contributed by atoms with van der Waals surface area (Å²) in [7, 11) is 1.83. The van der Waals surface area contributed by atoms with E-state index in [1.165, 1.54) is 12.8 Å². The molecule has 0 bridgehead atoms. The largest absolute Gasteiger partial charge is 0.481 e. The Labute approximate surface area is 109 Å². The predicted octanol–water partition coefficient (Wildman–Crippen LogP) is 2.02. The normalized spacial score (nSPS) is 17.5. The maximum Gasteiger partial charge on any atom is 0.320 e. The second-order valence-electron chi connectivity index (χ2n) is 5.11. The summed E-state index contributed by atoms with van der Waals surface area (Å²) in [6.07, 6.45) is 4.49. The van der Waals surface area contributed by atoms with Crippen molar-refractivity contribution in [3.05, 3.63) is 0 Å². The molecule has 1 rings (SSSR count). The predicted molar refractivity (Wildman–Crippen MR) is 69.5 cm³/mol. The lowest BCUT2D eigenvalue weighted by Crippen LogP contribution is -2.47. The molecule has 0 saturated heterocycles. The lowest BCUT2D eigenvalue weighted by atomic mass is 10.1. The van der Waals surface area contributed by atoms with E-state index in [9.17, 15) is 9.59 Å². The van der Waals surface area contributed by atoms with Crippen molar-refractivity contribution in [2.24, 2.45) is 5.92 Å². The van der Waals surface area contributed by atoms with Crippen LogP contribution in [0.25, 0.3) is 0 Å². The Morgan fingerprint density at radius 3 is 2.33 bits per heavy atom. The van der Waals surface area contributed by atoms with Crippen molar-refractivity contribution in [3.8, 4) is 0 Å². The maximum absolute atomic E-state index is 12.3. The fraction of sp³-hybridized carbons (Fsp3) is 0.846. The molecule has 0 aliphatic heterocycles. The highest BCUT2D eigenvalue weighted by atomic mass is 16.4. The number of carbonyl (C=O) groups excluding carboxylic acids is 1. The molecular formula is C13H24N2O3. The summed E-state index contributed by atoms with van der Waals surface area (Å²) in [6.45, 7) is 4.35. The molecule has 1 atom stereocenters. The van der Waals surface area contributed by atoms with Crippen LogP contribution >= 0.6 is 0 Å². The Bertz CT molecular complexity index is 301. The van der Waals surface area contributed by atoms with E-state index in [4.69, 9.17) is 5.11 Å². The number of hydrogen-bond acceptors (Lipinski definition) is 2. The van der Waals surface area contributed by atoms with Crippen LogP contribution in [-0.2, 0) is 4.79 Å². The summed E-state index contributed by atoms with van der Waals surface area (Å²) < 4.78 is 0. The first-order valence-electron chi connectivity index (χ1n) is 6.71. The van der Waals surface area contributed by atoms with Crippen LogP contribution in [0.2, 0.25) is 0 Å². The van der Waals surface area contributed by atoms with Gasteiger partial charge in [-0.3, -0.25) is 4.79 Å². The van der Waals surface area contributed by atoms with Gasteiger partial charge in [-0.25, -0.2) is 4.79 Å². The van der Waals surface area contributed by atoms with E-state index in [1.54, 1.807) is 16.7 Å². The lowest BCUT2D eigenvalue weighted by Gasteiger charge is -2.32. The third-order valence-electron chi connectivity index (χ3n) is 3.74. The quantitative estimate of drug-likeness (QED) is 0.818.